The molecular formula is C26H50O6Sn. The van der Waals surface area contributed by atoms with Crippen LogP contribution in [0.1, 0.15) is 124 Å². The first-order chi connectivity index (χ1) is 15.9. The Morgan fingerprint density at radius 2 is 0.818 bits per heavy atom. The van der Waals surface area contributed by atoms with Gasteiger partial charge in [-0.25, -0.2) is 0 Å². The fourth-order valence-electron chi connectivity index (χ4n) is 3.37. The number of rotatable bonds is 25. The molecule has 0 aliphatic heterocycles. The van der Waals surface area contributed by atoms with Gasteiger partial charge in [0.05, 0.1) is 0 Å². The van der Waals surface area contributed by atoms with Crippen LogP contribution in [0.4, 0.5) is 0 Å². The second-order valence-corrected chi connectivity index (χ2v) is 16.8. The molecule has 0 aromatic carbocycles. The topological polar surface area (TPSA) is 78.9 Å². The molecule has 0 heterocycles. The third-order valence-electron chi connectivity index (χ3n) is 5.62. The van der Waals surface area contributed by atoms with Crippen LogP contribution in [0.5, 0.6) is 0 Å². The summed E-state index contributed by atoms with van der Waals surface area (Å²) in [6.45, 7) is 8.21. The molecule has 194 valence electrons. The zero-order valence-corrected chi connectivity index (χ0v) is 24.7. The first kappa shape index (κ1) is 32.7. The van der Waals surface area contributed by atoms with Gasteiger partial charge in [0.2, 0.25) is 0 Å². The molecule has 0 aliphatic rings. The van der Waals surface area contributed by atoms with E-state index in [9.17, 15) is 14.4 Å². The van der Waals surface area contributed by atoms with E-state index in [1.807, 2.05) is 20.8 Å². The van der Waals surface area contributed by atoms with Crippen molar-refractivity contribution in [3.63, 3.8) is 0 Å². The van der Waals surface area contributed by atoms with Gasteiger partial charge in [-0.1, -0.05) is 0 Å². The maximum atomic E-state index is 12.3. The normalized spacial score (nSPS) is 11.6. The van der Waals surface area contributed by atoms with E-state index in [0.717, 1.165) is 57.8 Å². The first-order valence-corrected chi connectivity index (χ1v) is 18.9. The minimum atomic E-state index is -4.25. The Balaban J connectivity index is 5.23. The Bertz CT molecular complexity index is 463. The van der Waals surface area contributed by atoms with Gasteiger partial charge in [-0.15, -0.1) is 0 Å². The van der Waals surface area contributed by atoms with Gasteiger partial charge in [0.1, 0.15) is 0 Å². The van der Waals surface area contributed by atoms with Crippen molar-refractivity contribution < 1.29 is 23.6 Å². The zero-order chi connectivity index (χ0) is 24.8. The second-order valence-electron chi connectivity index (χ2n) is 8.99. The number of hydrogen-bond acceptors (Lipinski definition) is 6. The van der Waals surface area contributed by atoms with Crippen LogP contribution in [-0.4, -0.2) is 56.8 Å². The van der Waals surface area contributed by atoms with Crippen LogP contribution < -0.4 is 0 Å². The van der Waals surface area contributed by atoms with Crippen molar-refractivity contribution in [1.29, 1.82) is 0 Å². The second kappa shape index (κ2) is 22.2. The molecule has 0 aromatic heterocycles. The molecule has 0 fully saturated rings. The number of ketones is 3. The maximum absolute atomic E-state index is 12.3. The number of carbonyl (C=O) groups excluding carboxylic acids is 3. The summed E-state index contributed by atoms with van der Waals surface area (Å²) in [7, 11) is 0. The average Bonchev–Trinajstić information content (AvgIpc) is 2.82. The third kappa shape index (κ3) is 18.7. The molecule has 0 bridgehead atoms. The molecule has 6 nitrogen and oxygen atoms in total. The summed E-state index contributed by atoms with van der Waals surface area (Å²) in [5, 5.41) is 0. The summed E-state index contributed by atoms with van der Waals surface area (Å²) in [6, 6.07) is 0. The van der Waals surface area contributed by atoms with Crippen LogP contribution in [-0.2, 0) is 23.6 Å². The molecule has 0 saturated carbocycles. The summed E-state index contributed by atoms with van der Waals surface area (Å²) in [5.74, 6) is 0.0908. The number of hydrogen-bond donors (Lipinski definition) is 0. The van der Waals surface area contributed by atoms with Crippen LogP contribution in [0.25, 0.3) is 0 Å². The van der Waals surface area contributed by atoms with E-state index >= 15 is 0 Å². The van der Waals surface area contributed by atoms with Gasteiger partial charge in [0, 0.05) is 0 Å². The summed E-state index contributed by atoms with van der Waals surface area (Å²) in [4.78, 5) is 37.0. The molecule has 0 atom stereocenters. The minimum absolute atomic E-state index is 0.0303. The molecule has 7 heteroatoms. The SMILES string of the molecule is CCCCCCC[CH2][Sn]([O]CC(=O)CCCC)([O]CC(=O)CCCC)[O]CC(=O)CCCC. The van der Waals surface area contributed by atoms with E-state index in [2.05, 4.69) is 6.92 Å². The standard InChI is InChI=1S/C8H17.3C6H11O2.Sn/c1-3-5-7-8-6-4-2;3*1-2-3-4-6(8)5-7;/h1,3-8H2,2H3;3*2-5H2,1H3;/q;3*-1;+3. The molecule has 0 N–H and O–H groups in total. The van der Waals surface area contributed by atoms with E-state index in [1.165, 1.54) is 19.3 Å². The predicted molar refractivity (Wildman–Crippen MR) is 135 cm³/mol. The van der Waals surface area contributed by atoms with Crippen LogP contribution in [0, 0.1) is 0 Å². The van der Waals surface area contributed by atoms with Gasteiger partial charge in [-0.05, 0) is 0 Å². The van der Waals surface area contributed by atoms with Gasteiger partial charge in [0.15, 0.2) is 0 Å². The zero-order valence-electron chi connectivity index (χ0n) is 21.9. The summed E-state index contributed by atoms with van der Waals surface area (Å²) < 4.78 is 19.0. The molecule has 0 radical (unpaired) electrons. The van der Waals surface area contributed by atoms with Crippen LogP contribution in [0.2, 0.25) is 4.44 Å². The van der Waals surface area contributed by atoms with Crippen LogP contribution in [0.15, 0.2) is 0 Å². The van der Waals surface area contributed by atoms with Gasteiger partial charge in [-0.2, -0.15) is 0 Å². The van der Waals surface area contributed by atoms with Crippen molar-refractivity contribution in [2.45, 2.75) is 128 Å². The Kier molecular flexibility index (Phi) is 22.0. The number of Topliss-reactive ketones (excluding diaryl/α,β-unsaturated/α-hetero) is 3. The Hall–Kier alpha value is -0.311. The number of unbranched alkanes of at least 4 members (excludes halogenated alkanes) is 8. The first-order valence-electron chi connectivity index (χ1n) is 13.4. The van der Waals surface area contributed by atoms with Gasteiger partial charge >= 0.3 is 209 Å². The molecule has 33 heavy (non-hydrogen) atoms. The molecule has 0 aromatic rings. The van der Waals surface area contributed by atoms with Crippen molar-refractivity contribution in [3.8, 4) is 0 Å². The number of carbonyl (C=O) groups is 3. The molecule has 0 spiro atoms. The monoisotopic (exact) mass is 578 g/mol. The van der Waals surface area contributed by atoms with Gasteiger partial charge in [-0.3, -0.25) is 0 Å². The third-order valence-corrected chi connectivity index (χ3v) is 13.4. The Labute approximate surface area is 208 Å². The van der Waals surface area contributed by atoms with Crippen molar-refractivity contribution in [2.24, 2.45) is 0 Å². The Morgan fingerprint density at radius 1 is 0.485 bits per heavy atom. The van der Waals surface area contributed by atoms with Crippen LogP contribution >= 0.6 is 0 Å². The fraction of sp³-hybridized carbons (Fsp3) is 0.885. The molecule has 0 unspecified atom stereocenters. The van der Waals surface area contributed by atoms with E-state index in [0.29, 0.717) is 23.7 Å². The van der Waals surface area contributed by atoms with Crippen molar-refractivity contribution in [3.05, 3.63) is 0 Å². The van der Waals surface area contributed by atoms with Crippen LogP contribution in [0.3, 0.4) is 0 Å². The van der Waals surface area contributed by atoms with Gasteiger partial charge < -0.3 is 0 Å². The molecule has 0 saturated heterocycles. The average molecular weight is 577 g/mol. The van der Waals surface area contributed by atoms with E-state index in [4.69, 9.17) is 9.22 Å². The van der Waals surface area contributed by atoms with Crippen molar-refractivity contribution in [2.75, 3.05) is 19.8 Å². The van der Waals surface area contributed by atoms with E-state index in [1.54, 1.807) is 0 Å². The summed E-state index contributed by atoms with van der Waals surface area (Å²) in [6.07, 6.45) is 13.4. The summed E-state index contributed by atoms with van der Waals surface area (Å²) >= 11 is -4.25. The fourth-order valence-corrected chi connectivity index (χ4v) is 10.5. The predicted octanol–water partition coefficient (Wildman–Crippen LogP) is 6.61. The van der Waals surface area contributed by atoms with Crippen molar-refractivity contribution in [1.82, 2.24) is 0 Å². The van der Waals surface area contributed by atoms with Gasteiger partial charge in [0.25, 0.3) is 0 Å². The Morgan fingerprint density at radius 3 is 1.18 bits per heavy atom. The van der Waals surface area contributed by atoms with E-state index < -0.39 is 19.6 Å². The molecular weight excluding hydrogens is 527 g/mol. The quantitative estimate of drug-likeness (QED) is 0.0898. The van der Waals surface area contributed by atoms with Crippen molar-refractivity contribution >= 4 is 37.0 Å². The summed E-state index contributed by atoms with van der Waals surface area (Å²) in [5.41, 5.74) is 0. The van der Waals surface area contributed by atoms with E-state index in [-0.39, 0.29) is 37.2 Å². The molecule has 0 rings (SSSR count). The molecule has 0 aliphatic carbocycles. The molecule has 0 amide bonds.